The van der Waals surface area contributed by atoms with E-state index in [1.54, 1.807) is 12.1 Å². The number of nitrogens with zero attached hydrogens (tertiary/aromatic N) is 2. The number of benzene rings is 3. The summed E-state index contributed by atoms with van der Waals surface area (Å²) in [5.74, 6) is -0.0450. The van der Waals surface area contributed by atoms with Crippen molar-refractivity contribution in [2.45, 2.75) is 37.1 Å². The quantitative estimate of drug-likeness (QED) is 0.497. The highest BCUT2D eigenvalue weighted by atomic mass is 79.9. The van der Waals surface area contributed by atoms with E-state index in [4.69, 9.17) is 0 Å². The van der Waals surface area contributed by atoms with E-state index in [1.807, 2.05) is 47.4 Å². The maximum atomic E-state index is 13.4. The van der Waals surface area contributed by atoms with Crippen LogP contribution in [0.25, 0.3) is 10.8 Å². The van der Waals surface area contributed by atoms with Gasteiger partial charge in [-0.15, -0.1) is 0 Å². The van der Waals surface area contributed by atoms with Gasteiger partial charge in [-0.05, 0) is 72.9 Å². The van der Waals surface area contributed by atoms with Crippen LogP contribution in [-0.2, 0) is 21.2 Å². The lowest BCUT2D eigenvalue weighted by Gasteiger charge is -2.34. The molecule has 0 radical (unpaired) electrons. The first-order chi connectivity index (χ1) is 15.3. The average Bonchev–Trinajstić information content (AvgIpc) is 3.13. The molecule has 7 heteroatoms. The monoisotopic (exact) mass is 512 g/mol. The van der Waals surface area contributed by atoms with E-state index >= 15 is 0 Å². The van der Waals surface area contributed by atoms with Crippen LogP contribution in [0.4, 0.5) is 5.69 Å². The zero-order chi connectivity index (χ0) is 22.5. The van der Waals surface area contributed by atoms with Crippen molar-refractivity contribution in [3.63, 3.8) is 0 Å². The van der Waals surface area contributed by atoms with Crippen molar-refractivity contribution in [1.82, 2.24) is 4.31 Å². The average molecular weight is 513 g/mol. The van der Waals surface area contributed by atoms with Gasteiger partial charge in [-0.1, -0.05) is 46.3 Å². The first-order valence-electron chi connectivity index (χ1n) is 10.9. The summed E-state index contributed by atoms with van der Waals surface area (Å²) >= 11 is 3.51. The van der Waals surface area contributed by atoms with Crippen molar-refractivity contribution < 1.29 is 13.2 Å². The molecule has 1 saturated heterocycles. The smallest absolute Gasteiger partial charge is 0.243 e. The summed E-state index contributed by atoms with van der Waals surface area (Å²) < 4.78 is 29.0. The van der Waals surface area contributed by atoms with E-state index in [2.05, 4.69) is 28.9 Å². The number of amides is 1. The highest BCUT2D eigenvalue weighted by molar-refractivity contribution is 9.10. The van der Waals surface area contributed by atoms with Crippen LogP contribution in [0.15, 0.2) is 70.0 Å². The number of sulfonamides is 1. The highest BCUT2D eigenvalue weighted by Crippen LogP contribution is 2.37. The van der Waals surface area contributed by atoms with Gasteiger partial charge in [-0.2, -0.15) is 4.31 Å². The Morgan fingerprint density at radius 3 is 2.44 bits per heavy atom. The van der Waals surface area contributed by atoms with E-state index in [0.717, 1.165) is 27.4 Å². The molecule has 1 amide bonds. The predicted molar refractivity (Wildman–Crippen MR) is 130 cm³/mol. The van der Waals surface area contributed by atoms with Crippen molar-refractivity contribution in [1.29, 1.82) is 0 Å². The summed E-state index contributed by atoms with van der Waals surface area (Å²) in [7, 11) is -3.58. The maximum absolute atomic E-state index is 13.4. The topological polar surface area (TPSA) is 57.7 Å². The molecule has 3 aromatic carbocycles. The number of hydrogen-bond acceptors (Lipinski definition) is 3. The fourth-order valence-corrected chi connectivity index (χ4v) is 6.87. The molecule has 0 aromatic heterocycles. The lowest BCUT2D eigenvalue weighted by molar-refractivity contribution is -0.123. The summed E-state index contributed by atoms with van der Waals surface area (Å²) in [5.41, 5.74) is 2.16. The maximum Gasteiger partial charge on any atom is 0.243 e. The minimum atomic E-state index is -3.58. The Kier molecular flexibility index (Phi) is 5.60. The Balaban J connectivity index is 1.31. The summed E-state index contributed by atoms with van der Waals surface area (Å²) in [6.07, 6.45) is 1.93. The third-order valence-corrected chi connectivity index (χ3v) is 9.04. The van der Waals surface area contributed by atoms with Gasteiger partial charge in [0, 0.05) is 35.2 Å². The van der Waals surface area contributed by atoms with Crippen molar-refractivity contribution in [2.24, 2.45) is 5.92 Å². The Bertz CT molecular complexity index is 1300. The molecule has 0 aliphatic carbocycles. The molecule has 32 heavy (non-hydrogen) atoms. The lowest BCUT2D eigenvalue weighted by atomic mass is 9.96. The van der Waals surface area contributed by atoms with E-state index in [-0.39, 0.29) is 17.9 Å². The number of carbonyl (C=O) groups is 1. The number of hydrogen-bond donors (Lipinski definition) is 0. The second kappa shape index (κ2) is 8.28. The number of carbonyl (C=O) groups excluding carboxylic acids is 1. The van der Waals surface area contributed by atoms with Crippen LogP contribution in [0.2, 0.25) is 0 Å². The van der Waals surface area contributed by atoms with E-state index in [1.165, 1.54) is 9.87 Å². The van der Waals surface area contributed by atoms with Crippen LogP contribution in [0.3, 0.4) is 0 Å². The van der Waals surface area contributed by atoms with Gasteiger partial charge in [0.1, 0.15) is 0 Å². The summed E-state index contributed by atoms with van der Waals surface area (Å²) in [6.45, 7) is 2.80. The van der Waals surface area contributed by atoms with Crippen LogP contribution in [0, 0.1) is 5.92 Å². The molecule has 166 valence electrons. The second-order valence-corrected chi connectivity index (χ2v) is 11.6. The Hall–Kier alpha value is -2.22. The molecule has 0 unspecified atom stereocenters. The van der Waals surface area contributed by atoms with Crippen LogP contribution < -0.4 is 4.90 Å². The molecule has 5 rings (SSSR count). The lowest BCUT2D eigenvalue weighted by Crippen LogP contribution is -2.46. The fraction of sp³-hybridized carbons (Fsp3) is 0.320. The molecule has 0 spiro atoms. The molecular formula is C25H25BrN2O3S. The largest absolute Gasteiger partial charge is 0.309 e. The molecule has 1 fully saturated rings. The van der Waals surface area contributed by atoms with Crippen molar-refractivity contribution in [2.75, 3.05) is 18.0 Å². The summed E-state index contributed by atoms with van der Waals surface area (Å²) in [4.78, 5) is 15.6. The van der Waals surface area contributed by atoms with Crippen molar-refractivity contribution >= 4 is 48.3 Å². The highest BCUT2D eigenvalue weighted by Gasteiger charge is 2.38. The van der Waals surface area contributed by atoms with Gasteiger partial charge in [0.25, 0.3) is 0 Å². The third-order valence-electron chi connectivity index (χ3n) is 6.66. The molecular weight excluding hydrogens is 488 g/mol. The molecule has 5 nitrogen and oxygen atoms in total. The molecule has 2 aliphatic heterocycles. The molecule has 2 aliphatic rings. The standard InChI is InChI=1S/C25H25BrN2O3S/c1-17-14-21-15-22(26)7-9-24(21)28(17)25(29)19-10-12-27(13-11-19)32(30,31)23-8-6-18-4-2-3-5-20(18)16-23/h2-9,15-17,19H,10-14H2,1H3/t17-/m1/s1. The van der Waals surface area contributed by atoms with Gasteiger partial charge in [-0.25, -0.2) is 8.42 Å². The molecule has 0 bridgehead atoms. The summed E-state index contributed by atoms with van der Waals surface area (Å²) in [5, 5.41) is 1.93. The Morgan fingerprint density at radius 1 is 0.969 bits per heavy atom. The van der Waals surface area contributed by atoms with Gasteiger partial charge in [0.15, 0.2) is 0 Å². The first-order valence-corrected chi connectivity index (χ1v) is 13.2. The van der Waals surface area contributed by atoms with Gasteiger partial charge in [0.2, 0.25) is 15.9 Å². The van der Waals surface area contributed by atoms with E-state index in [9.17, 15) is 13.2 Å². The fourth-order valence-electron chi connectivity index (χ4n) is 4.95. The molecule has 2 heterocycles. The molecule has 1 atom stereocenters. The third kappa shape index (κ3) is 3.76. The number of piperidine rings is 1. The normalized spacial score (nSPS) is 19.9. The minimum absolute atomic E-state index is 0.112. The molecule has 3 aromatic rings. The van der Waals surface area contributed by atoms with Gasteiger partial charge in [-0.3, -0.25) is 4.79 Å². The zero-order valence-electron chi connectivity index (χ0n) is 17.9. The Labute approximate surface area is 197 Å². The number of fused-ring (bicyclic) bond motifs is 2. The minimum Gasteiger partial charge on any atom is -0.309 e. The van der Waals surface area contributed by atoms with Gasteiger partial charge < -0.3 is 4.90 Å². The van der Waals surface area contributed by atoms with E-state index < -0.39 is 10.0 Å². The van der Waals surface area contributed by atoms with Crippen LogP contribution >= 0.6 is 15.9 Å². The predicted octanol–water partition coefficient (Wildman–Crippen LogP) is 4.98. The Morgan fingerprint density at radius 2 is 1.69 bits per heavy atom. The van der Waals surface area contributed by atoms with Crippen LogP contribution in [0.1, 0.15) is 25.3 Å². The summed E-state index contributed by atoms with van der Waals surface area (Å²) in [6, 6.07) is 19.2. The van der Waals surface area contributed by atoms with Crippen molar-refractivity contribution in [3.05, 3.63) is 70.7 Å². The molecule has 0 N–H and O–H groups in total. The molecule has 0 saturated carbocycles. The van der Waals surface area contributed by atoms with Crippen LogP contribution in [0.5, 0.6) is 0 Å². The zero-order valence-corrected chi connectivity index (χ0v) is 20.3. The van der Waals surface area contributed by atoms with E-state index in [0.29, 0.717) is 30.8 Å². The number of rotatable bonds is 3. The van der Waals surface area contributed by atoms with Gasteiger partial charge in [0.05, 0.1) is 4.90 Å². The second-order valence-electron chi connectivity index (χ2n) is 8.72. The van der Waals surface area contributed by atoms with Crippen molar-refractivity contribution in [3.8, 4) is 0 Å². The van der Waals surface area contributed by atoms with Crippen LogP contribution in [-0.4, -0.2) is 37.8 Å². The number of anilines is 1. The number of halogens is 1. The van der Waals surface area contributed by atoms with Gasteiger partial charge >= 0.3 is 0 Å². The SMILES string of the molecule is C[C@@H]1Cc2cc(Br)ccc2N1C(=O)C1CCN(S(=O)(=O)c2ccc3ccccc3c2)CC1. The first kappa shape index (κ1) is 21.6.